The van der Waals surface area contributed by atoms with Crippen LogP contribution >= 0.6 is 15.9 Å². The zero-order valence-corrected chi connectivity index (χ0v) is 10.8. The fourth-order valence-corrected chi connectivity index (χ4v) is 2.47. The quantitative estimate of drug-likeness (QED) is 0.898. The Morgan fingerprint density at radius 2 is 2.19 bits per heavy atom. The molecule has 0 bridgehead atoms. The lowest BCUT2D eigenvalue weighted by molar-refractivity contribution is 0.259. The molecule has 3 N–H and O–H groups in total. The molecule has 1 saturated carbocycles. The number of ether oxygens (including phenoxy) is 1. The third-order valence-electron chi connectivity index (χ3n) is 3.32. The van der Waals surface area contributed by atoms with E-state index in [1.165, 1.54) is 6.42 Å². The smallest absolute Gasteiger partial charge is 0.134 e. The second-order valence-corrected chi connectivity index (χ2v) is 5.12. The molecule has 0 aliphatic heterocycles. The first kappa shape index (κ1) is 11.7. The van der Waals surface area contributed by atoms with Gasteiger partial charge in [-0.2, -0.15) is 0 Å². The van der Waals surface area contributed by atoms with E-state index in [4.69, 9.17) is 10.5 Å². The topological polar surface area (TPSA) is 55.5 Å². The number of phenolic OH excluding ortho intramolecular Hbond substituents is 1. The lowest BCUT2D eigenvalue weighted by atomic mass is 9.77. The molecule has 0 unspecified atom stereocenters. The normalized spacial score (nSPS) is 17.9. The Bertz CT molecular complexity index is 391. The van der Waals surface area contributed by atoms with Crippen molar-refractivity contribution in [1.29, 1.82) is 0 Å². The molecule has 88 valence electrons. The van der Waals surface area contributed by atoms with Crippen molar-refractivity contribution in [3.05, 3.63) is 22.2 Å². The van der Waals surface area contributed by atoms with Crippen LogP contribution in [0.3, 0.4) is 0 Å². The third-order valence-corrected chi connectivity index (χ3v) is 3.92. The fourth-order valence-electron chi connectivity index (χ4n) is 2.02. The summed E-state index contributed by atoms with van der Waals surface area (Å²) in [5.74, 6) is 1.44. The highest BCUT2D eigenvalue weighted by Crippen LogP contribution is 2.42. The Labute approximate surface area is 104 Å². The average molecular weight is 286 g/mol. The van der Waals surface area contributed by atoms with Crippen LogP contribution in [0.15, 0.2) is 16.6 Å². The van der Waals surface area contributed by atoms with Crippen molar-refractivity contribution < 1.29 is 9.84 Å². The van der Waals surface area contributed by atoms with Crippen molar-refractivity contribution in [2.75, 3.05) is 7.11 Å². The van der Waals surface area contributed by atoms with Gasteiger partial charge in [-0.15, -0.1) is 0 Å². The predicted octanol–water partition coefficient (Wildman–Crippen LogP) is 2.96. The first-order chi connectivity index (χ1) is 7.63. The van der Waals surface area contributed by atoms with Gasteiger partial charge in [0, 0.05) is 11.6 Å². The molecule has 3 nitrogen and oxygen atoms in total. The lowest BCUT2D eigenvalue weighted by Gasteiger charge is -2.32. The molecule has 0 radical (unpaired) electrons. The maximum absolute atomic E-state index is 9.97. The van der Waals surface area contributed by atoms with Crippen LogP contribution in [0.5, 0.6) is 11.5 Å². The number of aromatic hydroxyl groups is 1. The molecule has 1 aliphatic carbocycles. The van der Waals surface area contributed by atoms with Crippen LogP contribution in [-0.2, 0) is 0 Å². The molecule has 0 amide bonds. The highest BCUT2D eigenvalue weighted by Gasteiger charge is 2.28. The van der Waals surface area contributed by atoms with Crippen LogP contribution < -0.4 is 10.5 Å². The minimum Gasteiger partial charge on any atom is -0.506 e. The van der Waals surface area contributed by atoms with Crippen LogP contribution in [0, 0.1) is 5.92 Å². The second kappa shape index (κ2) is 4.63. The van der Waals surface area contributed by atoms with E-state index >= 15 is 0 Å². The molecular formula is C12H16BrNO2. The zero-order valence-electron chi connectivity index (χ0n) is 9.24. The molecular weight excluding hydrogens is 270 g/mol. The molecule has 1 atom stereocenters. The standard InChI is InChI=1S/C12H16BrNO2/c1-16-8-5-9(12(15)10(13)6-8)11(14)7-3-2-4-7/h5-7,11,15H,2-4,14H2,1H3/t11-/m1/s1. The summed E-state index contributed by atoms with van der Waals surface area (Å²) in [6.07, 6.45) is 3.54. The van der Waals surface area contributed by atoms with E-state index in [1.54, 1.807) is 13.2 Å². The van der Waals surface area contributed by atoms with Crippen LogP contribution in [0.1, 0.15) is 30.9 Å². The van der Waals surface area contributed by atoms with Crippen molar-refractivity contribution in [2.45, 2.75) is 25.3 Å². The number of nitrogens with two attached hydrogens (primary N) is 1. The van der Waals surface area contributed by atoms with Gasteiger partial charge in [-0.1, -0.05) is 6.42 Å². The lowest BCUT2D eigenvalue weighted by Crippen LogP contribution is -2.26. The molecule has 16 heavy (non-hydrogen) atoms. The number of hydrogen-bond acceptors (Lipinski definition) is 3. The summed E-state index contributed by atoms with van der Waals surface area (Å²) in [6.45, 7) is 0. The Morgan fingerprint density at radius 1 is 1.50 bits per heavy atom. The summed E-state index contributed by atoms with van der Waals surface area (Å²) in [7, 11) is 1.61. The zero-order chi connectivity index (χ0) is 11.7. The van der Waals surface area contributed by atoms with Crippen LogP contribution in [0.2, 0.25) is 0 Å². The Hall–Kier alpha value is -0.740. The second-order valence-electron chi connectivity index (χ2n) is 4.26. The largest absolute Gasteiger partial charge is 0.506 e. The van der Waals surface area contributed by atoms with E-state index in [1.807, 2.05) is 6.07 Å². The number of rotatable bonds is 3. The van der Waals surface area contributed by atoms with Crippen LogP contribution in [0.25, 0.3) is 0 Å². The molecule has 4 heteroatoms. The van der Waals surface area contributed by atoms with Gasteiger partial charge < -0.3 is 15.6 Å². The van der Waals surface area contributed by atoms with E-state index in [0.29, 0.717) is 10.4 Å². The van der Waals surface area contributed by atoms with Gasteiger partial charge in [-0.05, 0) is 46.8 Å². The predicted molar refractivity (Wildman–Crippen MR) is 66.6 cm³/mol. The SMILES string of the molecule is COc1cc(Br)c(O)c([C@H](N)C2CCC2)c1. The molecule has 0 heterocycles. The summed E-state index contributed by atoms with van der Waals surface area (Å²) in [5, 5.41) is 9.97. The highest BCUT2D eigenvalue weighted by atomic mass is 79.9. The molecule has 0 spiro atoms. The number of methoxy groups -OCH3 is 1. The molecule has 1 fully saturated rings. The van der Waals surface area contributed by atoms with Gasteiger partial charge in [0.1, 0.15) is 11.5 Å². The van der Waals surface area contributed by atoms with Gasteiger partial charge in [0.2, 0.25) is 0 Å². The van der Waals surface area contributed by atoms with Crippen molar-refractivity contribution in [3.8, 4) is 11.5 Å². The van der Waals surface area contributed by atoms with Crippen LogP contribution in [0.4, 0.5) is 0 Å². The van der Waals surface area contributed by atoms with E-state index in [2.05, 4.69) is 15.9 Å². The van der Waals surface area contributed by atoms with Gasteiger partial charge in [0.15, 0.2) is 0 Å². The number of phenols is 1. The molecule has 2 rings (SSSR count). The maximum atomic E-state index is 9.97. The van der Waals surface area contributed by atoms with Gasteiger partial charge in [-0.25, -0.2) is 0 Å². The Morgan fingerprint density at radius 3 is 2.69 bits per heavy atom. The number of hydrogen-bond donors (Lipinski definition) is 2. The Balaban J connectivity index is 2.33. The molecule has 0 saturated heterocycles. The summed E-state index contributed by atoms with van der Waals surface area (Å²) in [5.41, 5.74) is 6.93. The summed E-state index contributed by atoms with van der Waals surface area (Å²) < 4.78 is 5.81. The summed E-state index contributed by atoms with van der Waals surface area (Å²) in [6, 6.07) is 3.47. The van der Waals surface area contributed by atoms with E-state index in [0.717, 1.165) is 24.2 Å². The third kappa shape index (κ3) is 2.04. The Kier molecular flexibility index (Phi) is 3.40. The fraction of sp³-hybridized carbons (Fsp3) is 0.500. The van der Waals surface area contributed by atoms with Gasteiger partial charge in [-0.3, -0.25) is 0 Å². The van der Waals surface area contributed by atoms with Crippen molar-refractivity contribution in [3.63, 3.8) is 0 Å². The monoisotopic (exact) mass is 285 g/mol. The van der Waals surface area contributed by atoms with Gasteiger partial charge in [0.25, 0.3) is 0 Å². The van der Waals surface area contributed by atoms with Crippen LogP contribution in [-0.4, -0.2) is 12.2 Å². The number of halogens is 1. The highest BCUT2D eigenvalue weighted by molar-refractivity contribution is 9.10. The van der Waals surface area contributed by atoms with E-state index in [9.17, 15) is 5.11 Å². The minimum absolute atomic E-state index is 0.0971. The minimum atomic E-state index is -0.0971. The van der Waals surface area contributed by atoms with E-state index in [-0.39, 0.29) is 11.8 Å². The maximum Gasteiger partial charge on any atom is 0.134 e. The summed E-state index contributed by atoms with van der Waals surface area (Å²) in [4.78, 5) is 0. The molecule has 1 aromatic rings. The average Bonchev–Trinajstić information content (AvgIpc) is 2.19. The van der Waals surface area contributed by atoms with Gasteiger partial charge >= 0.3 is 0 Å². The first-order valence-electron chi connectivity index (χ1n) is 5.45. The molecule has 1 aromatic carbocycles. The van der Waals surface area contributed by atoms with E-state index < -0.39 is 0 Å². The summed E-state index contributed by atoms with van der Waals surface area (Å²) >= 11 is 3.31. The molecule has 0 aromatic heterocycles. The van der Waals surface area contributed by atoms with Crippen molar-refractivity contribution >= 4 is 15.9 Å². The molecule has 1 aliphatic rings. The number of benzene rings is 1. The first-order valence-corrected chi connectivity index (χ1v) is 6.24. The van der Waals surface area contributed by atoms with Gasteiger partial charge in [0.05, 0.1) is 11.6 Å². The van der Waals surface area contributed by atoms with Crippen molar-refractivity contribution in [1.82, 2.24) is 0 Å². The van der Waals surface area contributed by atoms with Crippen molar-refractivity contribution in [2.24, 2.45) is 11.7 Å².